The third kappa shape index (κ3) is 3.73. The second-order valence-electron chi connectivity index (χ2n) is 5.21. The van der Waals surface area contributed by atoms with E-state index in [1.54, 1.807) is 0 Å². The molecule has 0 radical (unpaired) electrons. The molecule has 0 fully saturated rings. The first-order valence-electron chi connectivity index (χ1n) is 5.46. The number of hydrogen-bond acceptors (Lipinski definition) is 4. The van der Waals surface area contributed by atoms with Gasteiger partial charge in [-0.25, -0.2) is 4.79 Å². The number of benzene rings is 1. The molecule has 0 aliphatic heterocycles. The SMILES string of the molecule is CC(C)(C)CNc1ccc([N+](=O)[O-])cc1C(=O)O. The third-order valence-corrected chi connectivity index (χ3v) is 2.25. The minimum absolute atomic E-state index is 0.0163. The van der Waals surface area contributed by atoms with E-state index < -0.39 is 10.9 Å². The normalized spacial score (nSPS) is 11.1. The van der Waals surface area contributed by atoms with Crippen LogP contribution in [-0.2, 0) is 0 Å². The minimum atomic E-state index is -1.19. The molecule has 0 unspecified atom stereocenters. The molecule has 1 aromatic rings. The van der Waals surface area contributed by atoms with Gasteiger partial charge in [-0.1, -0.05) is 20.8 Å². The van der Waals surface area contributed by atoms with Gasteiger partial charge in [0.15, 0.2) is 0 Å². The van der Waals surface area contributed by atoms with Crippen LogP contribution < -0.4 is 5.32 Å². The number of anilines is 1. The minimum Gasteiger partial charge on any atom is -0.478 e. The van der Waals surface area contributed by atoms with Crippen molar-refractivity contribution in [2.24, 2.45) is 5.41 Å². The van der Waals surface area contributed by atoms with Crippen LogP contribution in [0.25, 0.3) is 0 Å². The fraction of sp³-hybridized carbons (Fsp3) is 0.417. The Morgan fingerprint density at radius 3 is 2.50 bits per heavy atom. The molecular weight excluding hydrogens is 236 g/mol. The number of carbonyl (C=O) groups is 1. The molecule has 0 amide bonds. The molecule has 6 heteroatoms. The highest BCUT2D eigenvalue weighted by molar-refractivity contribution is 5.95. The molecule has 0 bridgehead atoms. The van der Waals surface area contributed by atoms with Crippen molar-refractivity contribution >= 4 is 17.3 Å². The molecule has 2 N–H and O–H groups in total. The van der Waals surface area contributed by atoms with Gasteiger partial charge >= 0.3 is 5.97 Å². The van der Waals surface area contributed by atoms with E-state index in [9.17, 15) is 14.9 Å². The first kappa shape index (κ1) is 14.0. The molecule has 0 atom stereocenters. The van der Waals surface area contributed by atoms with Gasteiger partial charge in [0.2, 0.25) is 0 Å². The summed E-state index contributed by atoms with van der Waals surface area (Å²) < 4.78 is 0. The topological polar surface area (TPSA) is 92.5 Å². The number of nitrogens with zero attached hydrogens (tertiary/aromatic N) is 1. The molecule has 0 aliphatic rings. The smallest absolute Gasteiger partial charge is 0.338 e. The van der Waals surface area contributed by atoms with Gasteiger partial charge in [0.1, 0.15) is 0 Å². The van der Waals surface area contributed by atoms with Gasteiger partial charge in [-0.15, -0.1) is 0 Å². The molecular formula is C12H16N2O4. The molecule has 1 aromatic carbocycles. The molecule has 0 heterocycles. The van der Waals surface area contributed by atoms with E-state index in [0.29, 0.717) is 12.2 Å². The molecule has 0 aromatic heterocycles. The average Bonchev–Trinajstić information content (AvgIpc) is 2.24. The van der Waals surface area contributed by atoms with Crippen molar-refractivity contribution in [1.82, 2.24) is 0 Å². The lowest BCUT2D eigenvalue weighted by atomic mass is 9.96. The number of hydrogen-bond donors (Lipinski definition) is 2. The summed E-state index contributed by atoms with van der Waals surface area (Å²) in [5, 5.41) is 22.6. The lowest BCUT2D eigenvalue weighted by molar-refractivity contribution is -0.384. The summed E-state index contributed by atoms with van der Waals surface area (Å²) in [6.07, 6.45) is 0. The van der Waals surface area contributed by atoms with Gasteiger partial charge in [-0.2, -0.15) is 0 Å². The van der Waals surface area contributed by atoms with Crippen molar-refractivity contribution in [2.75, 3.05) is 11.9 Å². The summed E-state index contributed by atoms with van der Waals surface area (Å²) in [5.74, 6) is -1.19. The van der Waals surface area contributed by atoms with E-state index in [0.717, 1.165) is 6.07 Å². The maximum Gasteiger partial charge on any atom is 0.338 e. The summed E-state index contributed by atoms with van der Waals surface area (Å²) in [6, 6.07) is 3.78. The van der Waals surface area contributed by atoms with Crippen molar-refractivity contribution < 1.29 is 14.8 Å². The molecule has 98 valence electrons. The maximum atomic E-state index is 11.1. The molecule has 0 saturated carbocycles. The average molecular weight is 252 g/mol. The van der Waals surface area contributed by atoms with Crippen LogP contribution in [0.15, 0.2) is 18.2 Å². The highest BCUT2D eigenvalue weighted by Crippen LogP contribution is 2.23. The molecule has 18 heavy (non-hydrogen) atoms. The Morgan fingerprint density at radius 2 is 2.06 bits per heavy atom. The van der Waals surface area contributed by atoms with Crippen molar-refractivity contribution in [1.29, 1.82) is 0 Å². The standard InChI is InChI=1S/C12H16N2O4/c1-12(2,3)7-13-10-5-4-8(14(17)18)6-9(10)11(15)16/h4-6,13H,7H2,1-3H3,(H,15,16). The summed E-state index contributed by atoms with van der Waals surface area (Å²) in [6.45, 7) is 6.59. The van der Waals surface area contributed by atoms with Gasteiger partial charge in [0.25, 0.3) is 5.69 Å². The monoisotopic (exact) mass is 252 g/mol. The maximum absolute atomic E-state index is 11.1. The summed E-state index contributed by atoms with van der Waals surface area (Å²) >= 11 is 0. The van der Waals surface area contributed by atoms with Gasteiger partial charge in [0.05, 0.1) is 10.5 Å². The number of carboxylic acid groups (broad SMARTS) is 1. The Hall–Kier alpha value is -2.11. The van der Waals surface area contributed by atoms with E-state index >= 15 is 0 Å². The van der Waals surface area contributed by atoms with E-state index in [-0.39, 0.29) is 16.7 Å². The Labute approximate surface area is 105 Å². The number of carboxylic acids is 1. The molecule has 0 saturated heterocycles. The first-order chi connectivity index (χ1) is 8.20. The second-order valence-corrected chi connectivity index (χ2v) is 5.21. The number of rotatable bonds is 4. The van der Waals surface area contributed by atoms with Gasteiger partial charge in [-0.3, -0.25) is 10.1 Å². The van der Waals surface area contributed by atoms with Crippen LogP contribution in [0.3, 0.4) is 0 Å². The lowest BCUT2D eigenvalue weighted by Crippen LogP contribution is -2.20. The van der Waals surface area contributed by atoms with Crippen LogP contribution in [0.5, 0.6) is 0 Å². The number of nitrogens with one attached hydrogen (secondary N) is 1. The van der Waals surface area contributed by atoms with Crippen molar-refractivity contribution in [2.45, 2.75) is 20.8 Å². The summed E-state index contributed by atoms with van der Waals surface area (Å²) in [7, 11) is 0. The van der Waals surface area contributed by atoms with Crippen LogP contribution in [0, 0.1) is 15.5 Å². The van der Waals surface area contributed by atoms with Crippen molar-refractivity contribution in [3.63, 3.8) is 0 Å². The van der Waals surface area contributed by atoms with Crippen LogP contribution in [0.2, 0.25) is 0 Å². The summed E-state index contributed by atoms with van der Waals surface area (Å²) in [4.78, 5) is 21.0. The van der Waals surface area contributed by atoms with Gasteiger partial charge in [-0.05, 0) is 11.5 Å². The highest BCUT2D eigenvalue weighted by atomic mass is 16.6. The Kier molecular flexibility index (Phi) is 3.90. The molecule has 0 spiro atoms. The Balaban J connectivity index is 3.05. The van der Waals surface area contributed by atoms with Crippen LogP contribution in [-0.4, -0.2) is 22.5 Å². The quantitative estimate of drug-likeness (QED) is 0.635. The number of nitro benzene ring substituents is 1. The predicted molar refractivity (Wildman–Crippen MR) is 68.0 cm³/mol. The third-order valence-electron chi connectivity index (χ3n) is 2.25. The van der Waals surface area contributed by atoms with Crippen LogP contribution in [0.4, 0.5) is 11.4 Å². The molecule has 6 nitrogen and oxygen atoms in total. The molecule has 0 aliphatic carbocycles. The van der Waals surface area contributed by atoms with Gasteiger partial charge in [0, 0.05) is 24.4 Å². The predicted octanol–water partition coefficient (Wildman–Crippen LogP) is 2.75. The first-order valence-corrected chi connectivity index (χ1v) is 5.46. The van der Waals surface area contributed by atoms with E-state index in [1.807, 2.05) is 20.8 Å². The van der Waals surface area contributed by atoms with E-state index in [4.69, 9.17) is 5.11 Å². The van der Waals surface area contributed by atoms with E-state index in [2.05, 4.69) is 5.32 Å². The second kappa shape index (κ2) is 5.03. The molecule has 1 rings (SSSR count). The van der Waals surface area contributed by atoms with E-state index in [1.165, 1.54) is 12.1 Å². The number of non-ortho nitro benzene ring substituents is 1. The van der Waals surface area contributed by atoms with Crippen LogP contribution in [0.1, 0.15) is 31.1 Å². The summed E-state index contributed by atoms with van der Waals surface area (Å²) in [5.41, 5.74) is 0.0579. The lowest BCUT2D eigenvalue weighted by Gasteiger charge is -2.20. The Morgan fingerprint density at radius 1 is 1.44 bits per heavy atom. The van der Waals surface area contributed by atoms with Gasteiger partial charge < -0.3 is 10.4 Å². The Bertz CT molecular complexity index is 477. The largest absolute Gasteiger partial charge is 0.478 e. The zero-order valence-electron chi connectivity index (χ0n) is 10.6. The fourth-order valence-corrected chi connectivity index (χ4v) is 1.34. The van der Waals surface area contributed by atoms with Crippen molar-refractivity contribution in [3.8, 4) is 0 Å². The number of nitro groups is 1. The van der Waals surface area contributed by atoms with Crippen molar-refractivity contribution in [3.05, 3.63) is 33.9 Å². The zero-order chi connectivity index (χ0) is 13.9. The fourth-order valence-electron chi connectivity index (χ4n) is 1.34. The van der Waals surface area contributed by atoms with Crippen LogP contribution >= 0.6 is 0 Å². The zero-order valence-corrected chi connectivity index (χ0v) is 10.6. The highest BCUT2D eigenvalue weighted by Gasteiger charge is 2.17. The number of aromatic carboxylic acids is 1.